The number of hydrogen-bond donors (Lipinski definition) is 2. The molecule has 0 spiro atoms. The lowest BCUT2D eigenvalue weighted by Gasteiger charge is -2.15. The predicted octanol–water partition coefficient (Wildman–Crippen LogP) is 2.98. The molecule has 0 fully saturated rings. The first-order chi connectivity index (χ1) is 16.7. The van der Waals surface area contributed by atoms with Crippen molar-refractivity contribution in [1.82, 2.24) is 19.7 Å². The van der Waals surface area contributed by atoms with E-state index in [1.165, 1.54) is 27.8 Å². The van der Waals surface area contributed by atoms with Crippen molar-refractivity contribution in [1.29, 1.82) is 0 Å². The van der Waals surface area contributed by atoms with E-state index in [9.17, 15) is 18.8 Å². The van der Waals surface area contributed by atoms with Crippen LogP contribution in [0.5, 0.6) is 0 Å². The maximum Gasteiger partial charge on any atom is 0.274 e. The van der Waals surface area contributed by atoms with Gasteiger partial charge >= 0.3 is 0 Å². The number of benzene rings is 2. The quantitative estimate of drug-likeness (QED) is 0.445. The number of carbonyl (C=O) groups excluding carboxylic acids is 3. The molecule has 2 aromatic carbocycles. The van der Waals surface area contributed by atoms with E-state index in [4.69, 9.17) is 5.73 Å². The van der Waals surface area contributed by atoms with Crippen LogP contribution in [0.2, 0.25) is 0 Å². The molecule has 10 heteroatoms. The van der Waals surface area contributed by atoms with Gasteiger partial charge in [-0.3, -0.25) is 19.1 Å². The van der Waals surface area contributed by atoms with Crippen LogP contribution < -0.4 is 11.1 Å². The second kappa shape index (κ2) is 9.34. The fourth-order valence-electron chi connectivity index (χ4n) is 3.71. The number of para-hydroxylation sites is 1. The Morgan fingerprint density at radius 3 is 2.43 bits per heavy atom. The SMILES string of the molecule is Cc1nn(Cc2ccc(F)cc2)c(C(=O)N(C)C)c1NC(=O)c1cc(C(N)=O)c2ccccc2n1. The highest BCUT2D eigenvalue weighted by atomic mass is 19.1. The van der Waals surface area contributed by atoms with Gasteiger partial charge in [0.25, 0.3) is 11.8 Å². The number of rotatable bonds is 6. The largest absolute Gasteiger partial charge is 0.366 e. The summed E-state index contributed by atoms with van der Waals surface area (Å²) in [5.74, 6) is -2.08. The van der Waals surface area contributed by atoms with Crippen molar-refractivity contribution in [3.63, 3.8) is 0 Å². The van der Waals surface area contributed by atoms with Gasteiger partial charge in [0, 0.05) is 19.5 Å². The number of amides is 3. The smallest absolute Gasteiger partial charge is 0.274 e. The zero-order chi connectivity index (χ0) is 25.3. The Morgan fingerprint density at radius 1 is 1.09 bits per heavy atom. The molecular weight excluding hydrogens is 451 g/mol. The lowest BCUT2D eigenvalue weighted by atomic mass is 10.1. The van der Waals surface area contributed by atoms with E-state index in [1.54, 1.807) is 57.4 Å². The van der Waals surface area contributed by atoms with Crippen LogP contribution in [0.3, 0.4) is 0 Å². The fraction of sp³-hybridized carbons (Fsp3) is 0.160. The van der Waals surface area contributed by atoms with E-state index in [1.807, 2.05) is 0 Å². The minimum atomic E-state index is -0.690. The van der Waals surface area contributed by atoms with E-state index in [0.717, 1.165) is 5.56 Å². The second-order valence-corrected chi connectivity index (χ2v) is 8.18. The summed E-state index contributed by atoms with van der Waals surface area (Å²) in [6.45, 7) is 1.85. The topological polar surface area (TPSA) is 123 Å². The molecule has 0 bridgehead atoms. The summed E-state index contributed by atoms with van der Waals surface area (Å²) in [5, 5.41) is 7.70. The number of fused-ring (bicyclic) bond motifs is 1. The van der Waals surface area contributed by atoms with Crippen LogP contribution in [0.15, 0.2) is 54.6 Å². The Bertz CT molecular complexity index is 1460. The van der Waals surface area contributed by atoms with Crippen molar-refractivity contribution < 1.29 is 18.8 Å². The van der Waals surface area contributed by atoms with Crippen LogP contribution in [0.25, 0.3) is 10.9 Å². The molecule has 2 heterocycles. The molecule has 3 amide bonds. The summed E-state index contributed by atoms with van der Waals surface area (Å²) in [5.41, 5.74) is 7.58. The van der Waals surface area contributed by atoms with Gasteiger partial charge in [-0.15, -0.1) is 0 Å². The molecule has 0 aliphatic carbocycles. The highest BCUT2D eigenvalue weighted by Gasteiger charge is 2.26. The number of nitrogens with one attached hydrogen (secondary N) is 1. The van der Waals surface area contributed by atoms with Gasteiger partial charge in [0.05, 0.1) is 29.0 Å². The van der Waals surface area contributed by atoms with Crippen molar-refractivity contribution in [2.75, 3.05) is 19.4 Å². The second-order valence-electron chi connectivity index (χ2n) is 8.18. The van der Waals surface area contributed by atoms with E-state index >= 15 is 0 Å². The number of anilines is 1. The number of hydrogen-bond acceptors (Lipinski definition) is 5. The Kier molecular flexibility index (Phi) is 6.28. The van der Waals surface area contributed by atoms with Gasteiger partial charge < -0.3 is 16.0 Å². The van der Waals surface area contributed by atoms with Gasteiger partial charge in [-0.2, -0.15) is 5.10 Å². The first-order valence-electron chi connectivity index (χ1n) is 10.7. The first-order valence-corrected chi connectivity index (χ1v) is 10.7. The summed E-state index contributed by atoms with van der Waals surface area (Å²) in [7, 11) is 3.17. The molecular formula is C25H23FN6O3. The highest BCUT2D eigenvalue weighted by Crippen LogP contribution is 2.25. The molecule has 0 radical (unpaired) electrons. The first kappa shape index (κ1) is 23.6. The van der Waals surface area contributed by atoms with Gasteiger partial charge in [-0.05, 0) is 36.8 Å². The summed E-state index contributed by atoms with van der Waals surface area (Å²) in [4.78, 5) is 44.0. The zero-order valence-corrected chi connectivity index (χ0v) is 19.4. The molecule has 0 saturated carbocycles. The van der Waals surface area contributed by atoms with Crippen LogP contribution in [0, 0.1) is 12.7 Å². The monoisotopic (exact) mass is 474 g/mol. The van der Waals surface area contributed by atoms with Crippen molar-refractivity contribution in [3.05, 3.63) is 88.6 Å². The summed E-state index contributed by atoms with van der Waals surface area (Å²) in [6.07, 6.45) is 0. The van der Waals surface area contributed by atoms with Gasteiger partial charge in [0.15, 0.2) is 5.69 Å². The normalized spacial score (nSPS) is 10.9. The number of primary amides is 1. The van der Waals surface area contributed by atoms with Crippen LogP contribution in [0.1, 0.15) is 42.6 Å². The highest BCUT2D eigenvalue weighted by molar-refractivity contribution is 6.12. The fourth-order valence-corrected chi connectivity index (χ4v) is 3.71. The number of nitrogens with two attached hydrogens (primary N) is 1. The Hall–Kier alpha value is -4.60. The van der Waals surface area contributed by atoms with Crippen LogP contribution in [0.4, 0.5) is 10.1 Å². The molecule has 4 aromatic rings. The van der Waals surface area contributed by atoms with Crippen LogP contribution in [-0.4, -0.2) is 51.5 Å². The Balaban J connectivity index is 1.75. The molecule has 0 aliphatic rings. The van der Waals surface area contributed by atoms with Crippen molar-refractivity contribution >= 4 is 34.3 Å². The number of aromatic nitrogens is 3. The number of carbonyl (C=O) groups is 3. The summed E-state index contributed by atoms with van der Waals surface area (Å²) >= 11 is 0. The van der Waals surface area contributed by atoms with E-state index in [2.05, 4.69) is 15.4 Å². The molecule has 4 rings (SSSR count). The van der Waals surface area contributed by atoms with Gasteiger partial charge in [0.2, 0.25) is 5.91 Å². The minimum Gasteiger partial charge on any atom is -0.366 e. The number of halogens is 1. The molecule has 0 aliphatic heterocycles. The van der Waals surface area contributed by atoms with Crippen LogP contribution in [-0.2, 0) is 6.54 Å². The van der Waals surface area contributed by atoms with Crippen LogP contribution >= 0.6 is 0 Å². The third-order valence-electron chi connectivity index (χ3n) is 5.43. The average molecular weight is 474 g/mol. The number of nitrogens with zero attached hydrogens (tertiary/aromatic N) is 4. The van der Waals surface area contributed by atoms with Crippen molar-refractivity contribution in [2.45, 2.75) is 13.5 Å². The standard InChI is InChI=1S/C25H23FN6O3/c1-14-21(22(25(35)31(2)3)32(30-14)13-15-8-10-16(26)11-9-15)29-24(34)20-12-18(23(27)33)17-6-4-5-7-19(17)28-20/h4-12H,13H2,1-3H3,(H2,27,33)(H,29,34). The molecule has 3 N–H and O–H groups in total. The minimum absolute atomic E-state index is 0.0357. The molecule has 0 saturated heterocycles. The lowest BCUT2D eigenvalue weighted by molar-refractivity contribution is 0.0816. The van der Waals surface area contributed by atoms with Crippen molar-refractivity contribution in [2.24, 2.45) is 5.73 Å². The molecule has 0 atom stereocenters. The van der Waals surface area contributed by atoms with E-state index in [0.29, 0.717) is 16.6 Å². The number of pyridine rings is 1. The van der Waals surface area contributed by atoms with E-state index < -0.39 is 11.8 Å². The van der Waals surface area contributed by atoms with E-state index in [-0.39, 0.29) is 40.9 Å². The average Bonchev–Trinajstić information content (AvgIpc) is 3.13. The lowest BCUT2D eigenvalue weighted by Crippen LogP contribution is -2.27. The summed E-state index contributed by atoms with van der Waals surface area (Å²) in [6, 6.07) is 14.0. The Labute approximate surface area is 200 Å². The predicted molar refractivity (Wildman–Crippen MR) is 129 cm³/mol. The maximum absolute atomic E-state index is 13.3. The Morgan fingerprint density at radius 2 is 1.77 bits per heavy atom. The van der Waals surface area contributed by atoms with Gasteiger partial charge in [-0.25, -0.2) is 9.37 Å². The summed E-state index contributed by atoms with van der Waals surface area (Å²) < 4.78 is 14.8. The molecule has 9 nitrogen and oxygen atoms in total. The third kappa shape index (κ3) is 4.72. The van der Waals surface area contributed by atoms with Gasteiger partial charge in [0.1, 0.15) is 11.5 Å². The molecule has 2 aromatic heterocycles. The molecule has 35 heavy (non-hydrogen) atoms. The molecule has 178 valence electrons. The zero-order valence-electron chi connectivity index (χ0n) is 19.4. The molecule has 0 unspecified atom stereocenters. The van der Waals surface area contributed by atoms with Crippen molar-refractivity contribution in [3.8, 4) is 0 Å². The third-order valence-corrected chi connectivity index (χ3v) is 5.43. The van der Waals surface area contributed by atoms with Gasteiger partial charge in [-0.1, -0.05) is 30.3 Å². The maximum atomic E-state index is 13.3. The number of aryl methyl sites for hydroxylation is 1.